The van der Waals surface area contributed by atoms with E-state index in [1.807, 2.05) is 18.2 Å². The van der Waals surface area contributed by atoms with Crippen molar-refractivity contribution in [2.45, 2.75) is 6.92 Å². The zero-order valence-electron chi connectivity index (χ0n) is 14.9. The first kappa shape index (κ1) is 18.2. The van der Waals surface area contributed by atoms with Gasteiger partial charge in [0.05, 0.1) is 23.9 Å². The van der Waals surface area contributed by atoms with Gasteiger partial charge in [0.2, 0.25) is 0 Å². The molecule has 7 nitrogen and oxygen atoms in total. The predicted molar refractivity (Wildman–Crippen MR) is 107 cm³/mol. The molecule has 3 heterocycles. The van der Waals surface area contributed by atoms with E-state index in [-0.39, 0.29) is 19.1 Å². The number of carbonyl (C=O) groups is 2. The van der Waals surface area contributed by atoms with Gasteiger partial charge in [0.1, 0.15) is 17.9 Å². The van der Waals surface area contributed by atoms with Gasteiger partial charge in [-0.05, 0) is 43.3 Å². The third-order valence-corrected chi connectivity index (χ3v) is 4.74. The topological polar surface area (TPSA) is 81.9 Å². The highest BCUT2D eigenvalue weighted by Crippen LogP contribution is 2.29. The quantitative estimate of drug-likeness (QED) is 0.624. The van der Waals surface area contributed by atoms with Gasteiger partial charge in [-0.25, -0.2) is 9.31 Å². The van der Waals surface area contributed by atoms with E-state index in [0.29, 0.717) is 22.3 Å². The van der Waals surface area contributed by atoms with E-state index in [1.54, 1.807) is 35.8 Å². The molecular formula is C20H16BrN3O4. The van der Waals surface area contributed by atoms with Crippen LogP contribution in [-0.2, 0) is 9.53 Å². The summed E-state index contributed by atoms with van der Waals surface area (Å²) in [6.07, 6.45) is 4.93. The number of halogens is 1. The van der Waals surface area contributed by atoms with Crippen molar-refractivity contribution in [3.8, 4) is 5.75 Å². The monoisotopic (exact) mass is 441 g/mol. The highest BCUT2D eigenvalue weighted by Gasteiger charge is 2.19. The summed E-state index contributed by atoms with van der Waals surface area (Å²) < 4.78 is 13.2. The number of fused-ring (bicyclic) bond motifs is 2. The summed E-state index contributed by atoms with van der Waals surface area (Å²) in [6.45, 7) is 2.20. The molecule has 3 aromatic rings. The minimum Gasteiger partial charge on any atom is -0.488 e. The molecule has 4 rings (SSSR count). The van der Waals surface area contributed by atoms with Crippen molar-refractivity contribution >= 4 is 45.1 Å². The molecule has 1 amide bonds. The van der Waals surface area contributed by atoms with Crippen molar-refractivity contribution in [3.63, 3.8) is 0 Å². The summed E-state index contributed by atoms with van der Waals surface area (Å²) in [5.41, 5.74) is 2.78. The average Bonchev–Trinajstić information content (AvgIpc) is 3.11. The molecular weight excluding hydrogens is 426 g/mol. The molecule has 1 aromatic carbocycles. The van der Waals surface area contributed by atoms with Crippen LogP contribution in [0.25, 0.3) is 11.6 Å². The molecule has 1 aliphatic heterocycles. The molecule has 0 saturated carbocycles. The number of anilines is 1. The lowest BCUT2D eigenvalue weighted by molar-refractivity contribution is -0.113. The fourth-order valence-electron chi connectivity index (χ4n) is 2.92. The predicted octanol–water partition coefficient (Wildman–Crippen LogP) is 3.69. The molecule has 0 spiro atoms. The van der Waals surface area contributed by atoms with Gasteiger partial charge in [-0.2, -0.15) is 5.10 Å². The van der Waals surface area contributed by atoms with Gasteiger partial charge < -0.3 is 14.8 Å². The van der Waals surface area contributed by atoms with Crippen LogP contribution in [0.15, 0.2) is 52.8 Å². The Morgan fingerprint density at radius 3 is 3.00 bits per heavy atom. The number of carbonyl (C=O) groups excluding carboxylic acids is 2. The Labute approximate surface area is 169 Å². The SMILES string of the molecule is CCOC(=O)c1cnn2ccc(NC(=O)C3=Cc4cc(Br)ccc4OC3)cc12. The van der Waals surface area contributed by atoms with E-state index in [0.717, 1.165) is 15.8 Å². The molecule has 1 N–H and O–H groups in total. The molecule has 1 aliphatic rings. The van der Waals surface area contributed by atoms with Crippen molar-refractivity contribution < 1.29 is 19.1 Å². The summed E-state index contributed by atoms with van der Waals surface area (Å²) in [7, 11) is 0. The maximum absolute atomic E-state index is 12.7. The van der Waals surface area contributed by atoms with Crippen LogP contribution >= 0.6 is 15.9 Å². The van der Waals surface area contributed by atoms with Gasteiger partial charge in [0, 0.05) is 21.9 Å². The fraction of sp³-hybridized carbons (Fsp3) is 0.150. The molecule has 142 valence electrons. The van der Waals surface area contributed by atoms with Gasteiger partial charge in [-0.15, -0.1) is 0 Å². The Hall–Kier alpha value is -3.13. The number of nitrogens with zero attached hydrogens (tertiary/aromatic N) is 2. The Morgan fingerprint density at radius 1 is 1.32 bits per heavy atom. The third kappa shape index (κ3) is 3.50. The second-order valence-corrected chi connectivity index (χ2v) is 7.03. The fourth-order valence-corrected chi connectivity index (χ4v) is 3.29. The molecule has 0 unspecified atom stereocenters. The zero-order valence-corrected chi connectivity index (χ0v) is 16.5. The molecule has 28 heavy (non-hydrogen) atoms. The summed E-state index contributed by atoms with van der Waals surface area (Å²) in [4.78, 5) is 24.7. The highest BCUT2D eigenvalue weighted by molar-refractivity contribution is 9.10. The number of esters is 1. The van der Waals surface area contributed by atoms with Gasteiger partial charge in [-0.1, -0.05) is 15.9 Å². The van der Waals surface area contributed by atoms with Gasteiger partial charge >= 0.3 is 5.97 Å². The van der Waals surface area contributed by atoms with Crippen molar-refractivity contribution in [2.24, 2.45) is 0 Å². The molecule has 0 atom stereocenters. The van der Waals surface area contributed by atoms with Crippen LogP contribution in [0.4, 0.5) is 5.69 Å². The third-order valence-electron chi connectivity index (χ3n) is 4.25. The maximum Gasteiger partial charge on any atom is 0.341 e. The van der Waals surface area contributed by atoms with Crippen molar-refractivity contribution in [1.82, 2.24) is 9.61 Å². The molecule has 0 fully saturated rings. The molecule has 0 bridgehead atoms. The number of hydrogen-bond acceptors (Lipinski definition) is 5. The van der Waals surface area contributed by atoms with Gasteiger partial charge in [0.15, 0.2) is 0 Å². The first-order valence-corrected chi connectivity index (χ1v) is 9.43. The standard InChI is InChI=1S/C20H16BrN3O4/c1-2-27-20(26)16-10-22-24-6-5-15(9-17(16)24)23-19(25)13-7-12-8-14(21)3-4-18(12)28-11-13/h3-10H,2,11H2,1H3,(H,23,25). The summed E-state index contributed by atoms with van der Waals surface area (Å²) in [5, 5.41) is 6.98. The minimum absolute atomic E-state index is 0.184. The van der Waals surface area contributed by atoms with Crippen LogP contribution in [0.2, 0.25) is 0 Å². The van der Waals surface area contributed by atoms with Crippen molar-refractivity contribution in [3.05, 3.63) is 63.9 Å². The molecule has 8 heteroatoms. The van der Waals surface area contributed by atoms with Crippen LogP contribution < -0.4 is 10.1 Å². The van der Waals surface area contributed by atoms with Crippen LogP contribution in [0.1, 0.15) is 22.8 Å². The number of aromatic nitrogens is 2. The Balaban J connectivity index is 1.59. The first-order valence-electron chi connectivity index (χ1n) is 8.64. The van der Waals surface area contributed by atoms with Crippen LogP contribution in [0, 0.1) is 0 Å². The van der Waals surface area contributed by atoms with E-state index in [4.69, 9.17) is 9.47 Å². The number of amides is 1. The molecule has 0 radical (unpaired) electrons. The summed E-state index contributed by atoms with van der Waals surface area (Å²) in [6, 6.07) is 9.04. The Kier molecular flexibility index (Phi) is 4.87. The molecule has 2 aromatic heterocycles. The number of pyridine rings is 1. The van der Waals surface area contributed by atoms with Crippen molar-refractivity contribution in [2.75, 3.05) is 18.5 Å². The van der Waals surface area contributed by atoms with Gasteiger partial charge in [0.25, 0.3) is 5.91 Å². The van der Waals surface area contributed by atoms with Crippen LogP contribution in [0.5, 0.6) is 5.75 Å². The van der Waals surface area contributed by atoms with Crippen molar-refractivity contribution in [1.29, 1.82) is 0 Å². The molecule has 0 aliphatic carbocycles. The lowest BCUT2D eigenvalue weighted by Gasteiger charge is -2.18. The van der Waals surface area contributed by atoms with Crippen LogP contribution in [-0.4, -0.2) is 34.7 Å². The number of benzene rings is 1. The number of nitrogens with one attached hydrogen (secondary N) is 1. The largest absolute Gasteiger partial charge is 0.488 e. The minimum atomic E-state index is -0.452. The van der Waals surface area contributed by atoms with E-state index < -0.39 is 5.97 Å². The second kappa shape index (κ2) is 7.47. The normalized spacial score (nSPS) is 12.7. The number of hydrogen-bond donors (Lipinski definition) is 1. The lowest BCUT2D eigenvalue weighted by atomic mass is 10.1. The van der Waals surface area contributed by atoms with Crippen LogP contribution in [0.3, 0.4) is 0 Å². The molecule has 0 saturated heterocycles. The smallest absolute Gasteiger partial charge is 0.341 e. The highest BCUT2D eigenvalue weighted by atomic mass is 79.9. The maximum atomic E-state index is 12.7. The summed E-state index contributed by atoms with van der Waals surface area (Å²) >= 11 is 3.42. The summed E-state index contributed by atoms with van der Waals surface area (Å²) in [5.74, 6) is 0.0123. The zero-order chi connectivity index (χ0) is 19.7. The lowest BCUT2D eigenvalue weighted by Crippen LogP contribution is -2.21. The first-order chi connectivity index (χ1) is 13.5. The Bertz CT molecular complexity index is 1120. The Morgan fingerprint density at radius 2 is 2.18 bits per heavy atom. The van der Waals surface area contributed by atoms with E-state index in [1.165, 1.54) is 6.20 Å². The number of rotatable bonds is 4. The average molecular weight is 442 g/mol. The van der Waals surface area contributed by atoms with Gasteiger partial charge in [-0.3, -0.25) is 4.79 Å². The number of ether oxygens (including phenoxy) is 2. The second-order valence-electron chi connectivity index (χ2n) is 6.12. The van der Waals surface area contributed by atoms with E-state index in [9.17, 15) is 9.59 Å². The van der Waals surface area contributed by atoms with E-state index in [2.05, 4.69) is 26.3 Å². The van der Waals surface area contributed by atoms with E-state index >= 15 is 0 Å².